The Bertz CT molecular complexity index is 812. The van der Waals surface area contributed by atoms with Crippen molar-refractivity contribution >= 4 is 40.8 Å². The smallest absolute Gasteiger partial charge is 0.0817 e. The summed E-state index contributed by atoms with van der Waals surface area (Å²) in [5.41, 5.74) is 4.74. The number of hydrogen-bond acceptors (Lipinski definition) is 2. The molecule has 1 atom stereocenters. The molecule has 0 fully saturated rings. The third-order valence-electron chi connectivity index (χ3n) is 4.99. The Kier molecular flexibility index (Phi) is 5.13. The van der Waals surface area contributed by atoms with Crippen molar-refractivity contribution in [2.75, 3.05) is 11.4 Å². The molecule has 0 amide bonds. The first kappa shape index (κ1) is 18.3. The number of anilines is 1. The summed E-state index contributed by atoms with van der Waals surface area (Å²) in [7, 11) is 0. The fraction of sp³-hybridized carbons (Fsp3) is 0.381. The standard InChI is InChI=1S/C21H24Cl2N2/c1-5-25-20-9-6-15(10-17(20)14(2)12-21(25,3)4)13-24-19-8-7-16(22)11-18(19)23/h6-11,13-14H,5,12H2,1-4H3. The molecule has 1 unspecified atom stereocenters. The first-order valence-electron chi connectivity index (χ1n) is 8.72. The zero-order valence-electron chi connectivity index (χ0n) is 15.2. The van der Waals surface area contributed by atoms with Crippen molar-refractivity contribution in [3.8, 4) is 0 Å². The van der Waals surface area contributed by atoms with Crippen LogP contribution in [0.2, 0.25) is 10.0 Å². The highest BCUT2D eigenvalue weighted by Crippen LogP contribution is 2.43. The first-order chi connectivity index (χ1) is 11.8. The zero-order chi connectivity index (χ0) is 18.2. The minimum atomic E-state index is 0.188. The minimum Gasteiger partial charge on any atom is -0.366 e. The van der Waals surface area contributed by atoms with E-state index in [0.29, 0.717) is 16.0 Å². The summed E-state index contributed by atoms with van der Waals surface area (Å²) in [6.07, 6.45) is 3.02. The number of halogens is 2. The van der Waals surface area contributed by atoms with Crippen LogP contribution in [0.3, 0.4) is 0 Å². The van der Waals surface area contributed by atoms with E-state index in [0.717, 1.165) is 24.2 Å². The van der Waals surface area contributed by atoms with Gasteiger partial charge in [-0.25, -0.2) is 0 Å². The van der Waals surface area contributed by atoms with Crippen LogP contribution in [-0.4, -0.2) is 18.3 Å². The Balaban J connectivity index is 1.93. The van der Waals surface area contributed by atoms with Gasteiger partial charge in [0.05, 0.1) is 10.7 Å². The van der Waals surface area contributed by atoms with Crippen LogP contribution in [0.5, 0.6) is 0 Å². The van der Waals surface area contributed by atoms with Crippen LogP contribution in [0.25, 0.3) is 0 Å². The summed E-state index contributed by atoms with van der Waals surface area (Å²) in [6, 6.07) is 12.0. The van der Waals surface area contributed by atoms with E-state index in [-0.39, 0.29) is 5.54 Å². The molecule has 0 radical (unpaired) electrons. The molecule has 0 spiro atoms. The lowest BCUT2D eigenvalue weighted by molar-refractivity contribution is 0.381. The van der Waals surface area contributed by atoms with E-state index < -0.39 is 0 Å². The van der Waals surface area contributed by atoms with Crippen LogP contribution in [0.4, 0.5) is 11.4 Å². The fourth-order valence-electron chi connectivity index (χ4n) is 3.92. The first-order valence-corrected chi connectivity index (χ1v) is 9.48. The molecule has 1 heterocycles. The SMILES string of the molecule is CCN1c2ccc(C=Nc3ccc(Cl)cc3Cl)cc2C(C)CC1(C)C. The monoisotopic (exact) mass is 374 g/mol. The average molecular weight is 375 g/mol. The van der Waals surface area contributed by atoms with Crippen LogP contribution in [0.1, 0.15) is 51.2 Å². The molecule has 1 aliphatic heterocycles. The van der Waals surface area contributed by atoms with Crippen LogP contribution < -0.4 is 4.90 Å². The van der Waals surface area contributed by atoms with Crippen molar-refractivity contribution in [1.29, 1.82) is 0 Å². The molecule has 3 rings (SSSR count). The fourth-order valence-corrected chi connectivity index (χ4v) is 4.38. The summed E-state index contributed by atoms with van der Waals surface area (Å²) in [4.78, 5) is 7.03. The van der Waals surface area contributed by atoms with Gasteiger partial charge < -0.3 is 4.90 Å². The van der Waals surface area contributed by atoms with E-state index in [9.17, 15) is 0 Å². The predicted molar refractivity (Wildman–Crippen MR) is 110 cm³/mol. The third kappa shape index (κ3) is 3.70. The number of fused-ring (bicyclic) bond motifs is 1. The molecule has 0 aliphatic carbocycles. The maximum Gasteiger partial charge on any atom is 0.0817 e. The van der Waals surface area contributed by atoms with Gasteiger partial charge in [-0.15, -0.1) is 0 Å². The van der Waals surface area contributed by atoms with E-state index >= 15 is 0 Å². The van der Waals surface area contributed by atoms with Gasteiger partial charge in [0.1, 0.15) is 0 Å². The van der Waals surface area contributed by atoms with Gasteiger partial charge in [0.15, 0.2) is 0 Å². The predicted octanol–water partition coefficient (Wildman–Crippen LogP) is 6.86. The van der Waals surface area contributed by atoms with Gasteiger partial charge in [-0.2, -0.15) is 0 Å². The molecule has 0 aromatic heterocycles. The highest BCUT2D eigenvalue weighted by molar-refractivity contribution is 6.36. The van der Waals surface area contributed by atoms with Crippen LogP contribution in [0, 0.1) is 0 Å². The second-order valence-corrected chi connectivity index (χ2v) is 8.18. The molecular weight excluding hydrogens is 351 g/mol. The van der Waals surface area contributed by atoms with Crippen molar-refractivity contribution in [3.05, 3.63) is 57.6 Å². The molecule has 2 aromatic carbocycles. The second-order valence-electron chi connectivity index (χ2n) is 7.33. The van der Waals surface area contributed by atoms with Crippen LogP contribution in [0.15, 0.2) is 41.4 Å². The van der Waals surface area contributed by atoms with Gasteiger partial charge >= 0.3 is 0 Å². The molecule has 25 heavy (non-hydrogen) atoms. The minimum absolute atomic E-state index is 0.188. The maximum absolute atomic E-state index is 6.20. The van der Waals surface area contributed by atoms with Crippen molar-refractivity contribution in [1.82, 2.24) is 0 Å². The van der Waals surface area contributed by atoms with E-state index in [1.54, 1.807) is 12.1 Å². The third-order valence-corrected chi connectivity index (χ3v) is 5.53. The van der Waals surface area contributed by atoms with E-state index in [1.807, 2.05) is 12.3 Å². The number of rotatable bonds is 3. The molecule has 132 valence electrons. The van der Waals surface area contributed by atoms with Gasteiger partial charge in [0.2, 0.25) is 0 Å². The van der Waals surface area contributed by atoms with E-state index in [4.69, 9.17) is 23.2 Å². The van der Waals surface area contributed by atoms with Crippen LogP contribution >= 0.6 is 23.2 Å². The Morgan fingerprint density at radius 2 is 1.96 bits per heavy atom. The summed E-state index contributed by atoms with van der Waals surface area (Å²) in [5, 5.41) is 1.18. The van der Waals surface area contributed by atoms with Gasteiger partial charge in [0.25, 0.3) is 0 Å². The zero-order valence-corrected chi connectivity index (χ0v) is 16.7. The normalized spacial score (nSPS) is 19.3. The van der Waals surface area contributed by atoms with Gasteiger partial charge in [-0.05, 0) is 74.6 Å². The molecule has 0 bridgehead atoms. The van der Waals surface area contributed by atoms with Gasteiger partial charge in [0, 0.05) is 29.0 Å². The van der Waals surface area contributed by atoms with Crippen molar-refractivity contribution in [3.63, 3.8) is 0 Å². The summed E-state index contributed by atoms with van der Waals surface area (Å²) in [6.45, 7) is 10.2. The molecule has 1 aliphatic rings. The van der Waals surface area contributed by atoms with Crippen LogP contribution in [-0.2, 0) is 0 Å². The Morgan fingerprint density at radius 3 is 2.64 bits per heavy atom. The van der Waals surface area contributed by atoms with E-state index in [2.05, 4.69) is 55.8 Å². The average Bonchev–Trinajstić information content (AvgIpc) is 2.54. The van der Waals surface area contributed by atoms with Gasteiger partial charge in [-0.3, -0.25) is 4.99 Å². The van der Waals surface area contributed by atoms with Crippen molar-refractivity contribution < 1.29 is 0 Å². The Morgan fingerprint density at radius 1 is 1.20 bits per heavy atom. The lowest BCUT2D eigenvalue weighted by Crippen LogP contribution is -2.48. The lowest BCUT2D eigenvalue weighted by atomic mass is 9.79. The largest absolute Gasteiger partial charge is 0.366 e. The summed E-state index contributed by atoms with van der Waals surface area (Å²) < 4.78 is 0. The van der Waals surface area contributed by atoms with Gasteiger partial charge in [-0.1, -0.05) is 36.2 Å². The molecule has 0 saturated heterocycles. The summed E-state index contributed by atoms with van der Waals surface area (Å²) >= 11 is 12.1. The highest BCUT2D eigenvalue weighted by Gasteiger charge is 2.35. The van der Waals surface area contributed by atoms with Crippen molar-refractivity contribution in [2.45, 2.75) is 45.6 Å². The maximum atomic E-state index is 6.20. The topological polar surface area (TPSA) is 15.6 Å². The Labute approximate surface area is 160 Å². The second kappa shape index (κ2) is 7.01. The number of benzene rings is 2. The molecule has 4 heteroatoms. The number of hydrogen-bond donors (Lipinski definition) is 0. The molecule has 0 N–H and O–H groups in total. The lowest BCUT2D eigenvalue weighted by Gasteiger charge is -2.47. The summed E-state index contributed by atoms with van der Waals surface area (Å²) in [5.74, 6) is 0.528. The quantitative estimate of drug-likeness (QED) is 0.535. The number of nitrogens with zero attached hydrogens (tertiary/aromatic N) is 2. The highest BCUT2D eigenvalue weighted by atomic mass is 35.5. The molecule has 0 saturated carbocycles. The molecular formula is C21H24Cl2N2. The number of aliphatic imine (C=N–C) groups is 1. The Hall–Kier alpha value is -1.51. The van der Waals surface area contributed by atoms with E-state index in [1.165, 1.54) is 11.3 Å². The molecule has 2 aromatic rings. The van der Waals surface area contributed by atoms with Crippen molar-refractivity contribution in [2.24, 2.45) is 4.99 Å². The molecule has 2 nitrogen and oxygen atoms in total.